The molecule has 0 spiro atoms. The molecule has 0 saturated carbocycles. The number of carbonyl (C=O) groups excluding carboxylic acids is 1. The fourth-order valence-electron chi connectivity index (χ4n) is 1.78. The molecule has 0 bridgehead atoms. The number of aliphatic carboxylic acids is 1. The summed E-state index contributed by atoms with van der Waals surface area (Å²) in [4.78, 5) is 24.2. The van der Waals surface area contributed by atoms with Gasteiger partial charge < -0.3 is 14.7 Å². The Balaban J connectivity index is 2.58. The zero-order chi connectivity index (χ0) is 16.0. The lowest BCUT2D eigenvalue weighted by Crippen LogP contribution is -2.48. The van der Waals surface area contributed by atoms with Crippen molar-refractivity contribution in [2.75, 3.05) is 13.2 Å². The smallest absolute Gasteiger partial charge is 0.323 e. The number of hydrogen-bond acceptors (Lipinski definition) is 3. The zero-order valence-corrected chi connectivity index (χ0v) is 12.4. The molecule has 0 aliphatic heterocycles. The van der Waals surface area contributed by atoms with Crippen molar-refractivity contribution in [3.63, 3.8) is 0 Å². The van der Waals surface area contributed by atoms with Crippen LogP contribution >= 0.6 is 0 Å². The van der Waals surface area contributed by atoms with E-state index in [1.165, 1.54) is 17.0 Å². The van der Waals surface area contributed by atoms with Gasteiger partial charge in [-0.2, -0.15) is 0 Å². The van der Waals surface area contributed by atoms with Crippen LogP contribution in [0.5, 0.6) is 5.75 Å². The fourth-order valence-corrected chi connectivity index (χ4v) is 1.78. The van der Waals surface area contributed by atoms with Gasteiger partial charge >= 0.3 is 5.97 Å². The highest BCUT2D eigenvalue weighted by Gasteiger charge is 2.28. The van der Waals surface area contributed by atoms with E-state index in [2.05, 4.69) is 0 Å². The van der Waals surface area contributed by atoms with Crippen LogP contribution in [0.3, 0.4) is 0 Å². The van der Waals surface area contributed by atoms with Crippen molar-refractivity contribution in [1.82, 2.24) is 4.90 Å². The van der Waals surface area contributed by atoms with Gasteiger partial charge in [0.05, 0.1) is 13.0 Å². The average molecular weight is 297 g/mol. The SMILES string of the molecule is CC(C)(C)N(CC(=O)O)C(=O)CCOc1ccccc1F. The molecule has 0 fully saturated rings. The molecule has 0 heterocycles. The van der Waals surface area contributed by atoms with Crippen LogP contribution in [0.2, 0.25) is 0 Å². The summed E-state index contributed by atoms with van der Waals surface area (Å²) in [6.45, 7) is 4.89. The number of carbonyl (C=O) groups is 2. The van der Waals surface area contributed by atoms with E-state index < -0.39 is 17.3 Å². The lowest BCUT2D eigenvalue weighted by molar-refractivity contribution is -0.148. The predicted molar refractivity (Wildman–Crippen MR) is 75.6 cm³/mol. The van der Waals surface area contributed by atoms with Crippen LogP contribution in [0, 0.1) is 5.82 Å². The summed E-state index contributed by atoms with van der Waals surface area (Å²) in [7, 11) is 0. The number of carboxylic acids is 1. The van der Waals surface area contributed by atoms with Gasteiger partial charge in [0.15, 0.2) is 11.6 Å². The Morgan fingerprint density at radius 3 is 2.43 bits per heavy atom. The summed E-state index contributed by atoms with van der Waals surface area (Å²) in [6.07, 6.45) is -0.0150. The van der Waals surface area contributed by atoms with E-state index in [0.29, 0.717) is 0 Å². The quantitative estimate of drug-likeness (QED) is 0.875. The molecule has 116 valence electrons. The minimum absolute atomic E-state index is 0.00797. The number of amides is 1. The highest BCUT2D eigenvalue weighted by atomic mass is 19.1. The van der Waals surface area contributed by atoms with Crippen LogP contribution in [0.1, 0.15) is 27.2 Å². The highest BCUT2D eigenvalue weighted by molar-refractivity contribution is 5.82. The second-order valence-corrected chi connectivity index (χ2v) is 5.57. The molecule has 0 radical (unpaired) electrons. The maximum Gasteiger partial charge on any atom is 0.323 e. The van der Waals surface area contributed by atoms with E-state index in [9.17, 15) is 14.0 Å². The molecule has 0 aromatic heterocycles. The van der Waals surface area contributed by atoms with Crippen molar-refractivity contribution in [2.24, 2.45) is 0 Å². The molecule has 5 nitrogen and oxygen atoms in total. The van der Waals surface area contributed by atoms with E-state index in [1.807, 2.05) is 0 Å². The maximum atomic E-state index is 13.3. The van der Waals surface area contributed by atoms with Crippen LogP contribution < -0.4 is 4.74 Å². The van der Waals surface area contributed by atoms with Crippen LogP contribution in [0.4, 0.5) is 4.39 Å². The van der Waals surface area contributed by atoms with Crippen LogP contribution in [0.25, 0.3) is 0 Å². The first-order chi connectivity index (χ1) is 9.71. The molecule has 1 rings (SSSR count). The molecule has 0 unspecified atom stereocenters. The van der Waals surface area contributed by atoms with Crippen molar-refractivity contribution in [1.29, 1.82) is 0 Å². The third-order valence-electron chi connectivity index (χ3n) is 2.81. The van der Waals surface area contributed by atoms with Gasteiger partial charge in [-0.1, -0.05) is 12.1 Å². The molecular weight excluding hydrogens is 277 g/mol. The molecule has 1 amide bonds. The molecule has 0 aliphatic carbocycles. The third-order valence-corrected chi connectivity index (χ3v) is 2.81. The number of rotatable bonds is 6. The van der Waals surface area contributed by atoms with Gasteiger partial charge in [-0.05, 0) is 32.9 Å². The number of halogens is 1. The van der Waals surface area contributed by atoms with E-state index in [0.717, 1.165) is 0 Å². The fraction of sp³-hybridized carbons (Fsp3) is 0.467. The number of benzene rings is 1. The standard InChI is InChI=1S/C15H20FNO4/c1-15(2,3)17(10-14(19)20)13(18)8-9-21-12-7-5-4-6-11(12)16/h4-7H,8-10H2,1-3H3,(H,19,20). The van der Waals surface area contributed by atoms with Crippen molar-refractivity contribution in [2.45, 2.75) is 32.7 Å². The first-order valence-electron chi connectivity index (χ1n) is 6.61. The molecule has 0 aliphatic rings. The van der Waals surface area contributed by atoms with E-state index in [4.69, 9.17) is 9.84 Å². The molecule has 1 aromatic carbocycles. The first kappa shape index (κ1) is 16.9. The van der Waals surface area contributed by atoms with Crippen molar-refractivity contribution >= 4 is 11.9 Å². The maximum absolute atomic E-state index is 13.3. The Labute approximate surface area is 123 Å². The normalized spacial score (nSPS) is 11.0. The monoisotopic (exact) mass is 297 g/mol. The third kappa shape index (κ3) is 5.41. The van der Waals surface area contributed by atoms with Gasteiger partial charge in [0.25, 0.3) is 0 Å². The van der Waals surface area contributed by atoms with Gasteiger partial charge in [-0.25, -0.2) is 4.39 Å². The predicted octanol–water partition coefficient (Wildman–Crippen LogP) is 2.31. The molecular formula is C15H20FNO4. The zero-order valence-electron chi connectivity index (χ0n) is 12.4. The topological polar surface area (TPSA) is 66.8 Å². The number of ether oxygens (including phenoxy) is 1. The van der Waals surface area contributed by atoms with Gasteiger partial charge in [0, 0.05) is 5.54 Å². The summed E-state index contributed by atoms with van der Waals surface area (Å²) < 4.78 is 18.5. The van der Waals surface area contributed by atoms with Crippen LogP contribution in [-0.4, -0.2) is 40.6 Å². The Kier molecular flexibility index (Phi) is 5.69. The Bertz CT molecular complexity index is 511. The van der Waals surface area contributed by atoms with Gasteiger partial charge in [0.1, 0.15) is 6.54 Å². The summed E-state index contributed by atoms with van der Waals surface area (Å²) >= 11 is 0. The minimum Gasteiger partial charge on any atom is -0.490 e. The van der Waals surface area contributed by atoms with Crippen molar-refractivity contribution < 1.29 is 23.8 Å². The minimum atomic E-state index is -1.08. The second kappa shape index (κ2) is 7.06. The number of carboxylic acid groups (broad SMARTS) is 1. The Hall–Kier alpha value is -2.11. The van der Waals surface area contributed by atoms with Crippen LogP contribution in [0.15, 0.2) is 24.3 Å². The second-order valence-electron chi connectivity index (χ2n) is 5.57. The van der Waals surface area contributed by atoms with Crippen molar-refractivity contribution in [3.05, 3.63) is 30.1 Å². The summed E-state index contributed by atoms with van der Waals surface area (Å²) in [5, 5.41) is 8.86. The van der Waals surface area contributed by atoms with E-state index >= 15 is 0 Å². The summed E-state index contributed by atoms with van der Waals surface area (Å²) in [6, 6.07) is 5.91. The Morgan fingerprint density at radius 1 is 1.29 bits per heavy atom. The highest BCUT2D eigenvalue weighted by Crippen LogP contribution is 2.17. The molecule has 0 saturated heterocycles. The average Bonchev–Trinajstić information content (AvgIpc) is 2.36. The molecule has 6 heteroatoms. The van der Waals surface area contributed by atoms with E-state index in [-0.39, 0.29) is 31.2 Å². The lowest BCUT2D eigenvalue weighted by Gasteiger charge is -2.34. The summed E-state index contributed by atoms with van der Waals surface area (Å²) in [5.41, 5.74) is -0.604. The largest absolute Gasteiger partial charge is 0.490 e. The van der Waals surface area contributed by atoms with Gasteiger partial charge in [-0.3, -0.25) is 9.59 Å². The molecule has 0 atom stereocenters. The Morgan fingerprint density at radius 2 is 1.90 bits per heavy atom. The van der Waals surface area contributed by atoms with Gasteiger partial charge in [0.2, 0.25) is 5.91 Å². The lowest BCUT2D eigenvalue weighted by atomic mass is 10.1. The molecule has 1 aromatic rings. The van der Waals surface area contributed by atoms with Crippen LogP contribution in [-0.2, 0) is 9.59 Å². The van der Waals surface area contributed by atoms with Crippen molar-refractivity contribution in [3.8, 4) is 5.75 Å². The molecule has 21 heavy (non-hydrogen) atoms. The summed E-state index contributed by atoms with van der Waals surface area (Å²) in [5.74, 6) is -1.84. The number of nitrogens with zero attached hydrogens (tertiary/aromatic N) is 1. The first-order valence-corrected chi connectivity index (χ1v) is 6.61. The molecule has 1 N–H and O–H groups in total. The number of para-hydroxylation sites is 1. The van der Waals surface area contributed by atoms with E-state index in [1.54, 1.807) is 32.9 Å². The number of hydrogen-bond donors (Lipinski definition) is 1. The van der Waals surface area contributed by atoms with Gasteiger partial charge in [-0.15, -0.1) is 0 Å².